The molecule has 1 aromatic rings. The number of carbonyl (C=O) groups is 2. The van der Waals surface area contributed by atoms with Crippen LogP contribution >= 0.6 is 0 Å². The quantitative estimate of drug-likeness (QED) is 0.821. The van der Waals surface area contributed by atoms with Crippen LogP contribution in [-0.4, -0.2) is 72.3 Å². The minimum atomic E-state index is 0.142. The largest absolute Gasteiger partial charge is 0.342 e. The van der Waals surface area contributed by atoms with Gasteiger partial charge in [-0.1, -0.05) is 18.9 Å². The van der Waals surface area contributed by atoms with Gasteiger partial charge in [-0.05, 0) is 55.4 Å². The lowest BCUT2D eigenvalue weighted by Crippen LogP contribution is -2.51. The monoisotopic (exact) mass is 369 g/mol. The zero-order chi connectivity index (χ0) is 18.6. The van der Waals surface area contributed by atoms with Gasteiger partial charge in [-0.2, -0.15) is 0 Å². The van der Waals surface area contributed by atoms with Crippen LogP contribution in [0.4, 0.5) is 0 Å². The van der Waals surface area contributed by atoms with Crippen LogP contribution in [-0.2, 0) is 17.6 Å². The third kappa shape index (κ3) is 4.34. The van der Waals surface area contributed by atoms with Crippen LogP contribution in [0.2, 0.25) is 0 Å². The third-order valence-electron chi connectivity index (χ3n) is 6.32. The van der Waals surface area contributed by atoms with E-state index in [4.69, 9.17) is 0 Å². The molecule has 2 amide bonds. The van der Waals surface area contributed by atoms with Gasteiger partial charge in [-0.3, -0.25) is 14.5 Å². The molecule has 2 fully saturated rings. The van der Waals surface area contributed by atoms with E-state index in [1.54, 1.807) is 0 Å². The minimum absolute atomic E-state index is 0.142. The summed E-state index contributed by atoms with van der Waals surface area (Å²) >= 11 is 0. The fourth-order valence-corrected chi connectivity index (χ4v) is 4.61. The van der Waals surface area contributed by atoms with E-state index in [2.05, 4.69) is 17.0 Å². The van der Waals surface area contributed by atoms with Gasteiger partial charge in [0.05, 0.1) is 6.54 Å². The number of hydrogen-bond donors (Lipinski definition) is 0. The first-order chi connectivity index (χ1) is 13.2. The van der Waals surface area contributed by atoms with Gasteiger partial charge in [0.25, 0.3) is 5.91 Å². The Morgan fingerprint density at radius 2 is 1.44 bits per heavy atom. The normalized spacial score (nSPS) is 21.0. The van der Waals surface area contributed by atoms with E-state index in [1.807, 2.05) is 15.9 Å². The van der Waals surface area contributed by atoms with Crippen molar-refractivity contribution in [3.05, 3.63) is 34.9 Å². The molecule has 0 radical (unpaired) electrons. The lowest BCUT2D eigenvalue weighted by Gasteiger charge is -2.35. The summed E-state index contributed by atoms with van der Waals surface area (Å²) in [6, 6.07) is 6.22. The van der Waals surface area contributed by atoms with E-state index >= 15 is 0 Å². The lowest BCUT2D eigenvalue weighted by molar-refractivity contribution is -0.132. The van der Waals surface area contributed by atoms with Crippen molar-refractivity contribution in [2.24, 2.45) is 0 Å². The van der Waals surface area contributed by atoms with Crippen molar-refractivity contribution in [1.29, 1.82) is 0 Å². The highest BCUT2D eigenvalue weighted by Gasteiger charge is 2.25. The number of likely N-dealkylation sites (tertiary alicyclic amines) is 1. The predicted octanol–water partition coefficient (Wildman–Crippen LogP) is 2.34. The molecule has 2 saturated heterocycles. The van der Waals surface area contributed by atoms with Crippen molar-refractivity contribution in [2.75, 3.05) is 45.8 Å². The molecule has 0 bridgehead atoms. The van der Waals surface area contributed by atoms with Gasteiger partial charge in [0, 0.05) is 44.8 Å². The molecule has 0 atom stereocenters. The van der Waals surface area contributed by atoms with Crippen molar-refractivity contribution in [3.8, 4) is 0 Å². The van der Waals surface area contributed by atoms with Crippen molar-refractivity contribution < 1.29 is 9.59 Å². The van der Waals surface area contributed by atoms with Gasteiger partial charge in [-0.15, -0.1) is 0 Å². The Hall–Kier alpha value is -1.88. The zero-order valence-corrected chi connectivity index (χ0v) is 16.3. The lowest BCUT2D eigenvalue weighted by atomic mass is 10.1. The van der Waals surface area contributed by atoms with Gasteiger partial charge >= 0.3 is 0 Å². The average molecular weight is 370 g/mol. The highest BCUT2D eigenvalue weighted by Crippen LogP contribution is 2.23. The molecule has 3 aliphatic rings. The molecule has 2 aliphatic heterocycles. The molecule has 1 aromatic carbocycles. The second-order valence-corrected chi connectivity index (χ2v) is 8.20. The second kappa shape index (κ2) is 8.42. The Morgan fingerprint density at radius 1 is 0.741 bits per heavy atom. The van der Waals surface area contributed by atoms with Crippen molar-refractivity contribution in [3.63, 3.8) is 0 Å². The first kappa shape index (κ1) is 18.5. The number of piperazine rings is 1. The highest BCUT2D eigenvalue weighted by atomic mass is 16.2. The number of rotatable bonds is 3. The summed E-state index contributed by atoms with van der Waals surface area (Å²) in [5.74, 6) is 0.401. The Labute approximate surface area is 162 Å². The number of amides is 2. The summed E-state index contributed by atoms with van der Waals surface area (Å²) < 4.78 is 0. The van der Waals surface area contributed by atoms with Gasteiger partial charge in [0.15, 0.2) is 0 Å². The Bertz CT molecular complexity index is 687. The summed E-state index contributed by atoms with van der Waals surface area (Å²) in [7, 11) is 0. The Kier molecular flexibility index (Phi) is 5.77. The number of hydrogen-bond acceptors (Lipinski definition) is 3. The van der Waals surface area contributed by atoms with Gasteiger partial charge in [0.1, 0.15) is 0 Å². The highest BCUT2D eigenvalue weighted by molar-refractivity contribution is 5.94. The Morgan fingerprint density at radius 3 is 2.19 bits per heavy atom. The molecular formula is C22H31N3O2. The molecule has 0 saturated carbocycles. The van der Waals surface area contributed by atoms with E-state index in [0.29, 0.717) is 19.6 Å². The molecule has 2 heterocycles. The number of nitrogens with zero attached hydrogens (tertiary/aromatic N) is 3. The van der Waals surface area contributed by atoms with E-state index in [0.717, 1.165) is 57.4 Å². The van der Waals surface area contributed by atoms with Crippen LogP contribution in [0.5, 0.6) is 0 Å². The van der Waals surface area contributed by atoms with E-state index in [-0.39, 0.29) is 11.8 Å². The van der Waals surface area contributed by atoms with Gasteiger partial charge < -0.3 is 9.80 Å². The van der Waals surface area contributed by atoms with E-state index in [9.17, 15) is 9.59 Å². The van der Waals surface area contributed by atoms with Crippen LogP contribution in [0.1, 0.15) is 53.6 Å². The maximum atomic E-state index is 12.8. The first-order valence-electron chi connectivity index (χ1n) is 10.6. The molecule has 0 N–H and O–H groups in total. The maximum Gasteiger partial charge on any atom is 0.253 e. The van der Waals surface area contributed by atoms with Crippen molar-refractivity contribution in [1.82, 2.24) is 14.7 Å². The van der Waals surface area contributed by atoms with Crippen LogP contribution in [0.15, 0.2) is 18.2 Å². The SMILES string of the molecule is O=C(CN1CCN(C(=O)c2ccc3c(c2)CCC3)CC1)N1CCCCCC1. The smallest absolute Gasteiger partial charge is 0.253 e. The average Bonchev–Trinajstić information content (AvgIpc) is 2.99. The summed E-state index contributed by atoms with van der Waals surface area (Å²) in [5.41, 5.74) is 3.58. The summed E-state index contributed by atoms with van der Waals surface area (Å²) in [6.45, 7) is 5.32. The maximum absolute atomic E-state index is 12.8. The minimum Gasteiger partial charge on any atom is -0.342 e. The molecule has 0 unspecified atom stereocenters. The predicted molar refractivity (Wildman–Crippen MR) is 106 cm³/mol. The standard InChI is InChI=1S/C22H31N3O2/c26-21(24-10-3-1-2-4-11-24)17-23-12-14-25(15-13-23)22(27)20-9-8-18-6-5-7-19(18)16-20/h8-9,16H,1-7,10-15,17H2. The number of carbonyl (C=O) groups excluding carboxylic acids is 2. The summed E-state index contributed by atoms with van der Waals surface area (Å²) in [6.07, 6.45) is 8.21. The molecule has 5 heteroatoms. The topological polar surface area (TPSA) is 43.9 Å². The van der Waals surface area contributed by atoms with Crippen LogP contribution in [0, 0.1) is 0 Å². The second-order valence-electron chi connectivity index (χ2n) is 8.20. The number of benzene rings is 1. The molecule has 146 valence electrons. The van der Waals surface area contributed by atoms with E-state index < -0.39 is 0 Å². The summed E-state index contributed by atoms with van der Waals surface area (Å²) in [5, 5.41) is 0. The number of aryl methyl sites for hydroxylation is 2. The number of fused-ring (bicyclic) bond motifs is 1. The zero-order valence-electron chi connectivity index (χ0n) is 16.3. The Balaban J connectivity index is 1.28. The molecule has 27 heavy (non-hydrogen) atoms. The first-order valence-corrected chi connectivity index (χ1v) is 10.6. The van der Waals surface area contributed by atoms with Gasteiger partial charge in [0.2, 0.25) is 5.91 Å². The molecule has 5 nitrogen and oxygen atoms in total. The van der Waals surface area contributed by atoms with Crippen LogP contribution in [0.3, 0.4) is 0 Å². The molecule has 0 aromatic heterocycles. The van der Waals surface area contributed by atoms with Crippen LogP contribution in [0.25, 0.3) is 0 Å². The fourth-order valence-electron chi connectivity index (χ4n) is 4.61. The van der Waals surface area contributed by atoms with E-state index in [1.165, 1.54) is 30.4 Å². The summed E-state index contributed by atoms with van der Waals surface area (Å²) in [4.78, 5) is 31.6. The van der Waals surface area contributed by atoms with Crippen LogP contribution < -0.4 is 0 Å². The molecule has 4 rings (SSSR count). The molecule has 0 spiro atoms. The van der Waals surface area contributed by atoms with Crippen molar-refractivity contribution in [2.45, 2.75) is 44.9 Å². The molecular weight excluding hydrogens is 338 g/mol. The molecule has 1 aliphatic carbocycles. The fraction of sp³-hybridized carbons (Fsp3) is 0.636. The van der Waals surface area contributed by atoms with Crippen molar-refractivity contribution >= 4 is 11.8 Å². The third-order valence-corrected chi connectivity index (χ3v) is 6.32. The van der Waals surface area contributed by atoms with Gasteiger partial charge in [-0.25, -0.2) is 0 Å².